The number of rotatable bonds is 3. The number of urea groups is 1. The van der Waals surface area contributed by atoms with E-state index in [0.29, 0.717) is 18.5 Å². The van der Waals surface area contributed by atoms with Crippen LogP contribution in [0.25, 0.3) is 0 Å². The summed E-state index contributed by atoms with van der Waals surface area (Å²) in [5, 5.41) is 2.79. The van der Waals surface area contributed by atoms with Crippen LogP contribution >= 0.6 is 0 Å². The van der Waals surface area contributed by atoms with Crippen LogP contribution in [0.4, 0.5) is 4.79 Å². The highest BCUT2D eigenvalue weighted by atomic mass is 16.2. The second-order valence-electron chi connectivity index (χ2n) is 5.47. The topological polar surface area (TPSA) is 82.3 Å². The lowest BCUT2D eigenvalue weighted by molar-refractivity contribution is -0.132. The molecule has 2 N–H and O–H groups in total. The van der Waals surface area contributed by atoms with Crippen molar-refractivity contribution in [3.8, 4) is 0 Å². The minimum absolute atomic E-state index is 0.201. The van der Waals surface area contributed by atoms with Crippen molar-refractivity contribution in [2.24, 2.45) is 0 Å². The van der Waals surface area contributed by atoms with E-state index in [1.165, 1.54) is 0 Å². The fraction of sp³-hybridized carbons (Fsp3) is 0.500. The summed E-state index contributed by atoms with van der Waals surface area (Å²) in [4.78, 5) is 40.3. The first-order valence-electron chi connectivity index (χ1n) is 6.93. The van der Waals surface area contributed by atoms with Gasteiger partial charge >= 0.3 is 6.03 Å². The van der Waals surface area contributed by atoms with Crippen LogP contribution in [0.15, 0.2) is 18.3 Å². The first kappa shape index (κ1) is 12.9. The number of H-pyrrole nitrogens is 1. The Kier molecular flexibility index (Phi) is 3.08. The fourth-order valence-electron chi connectivity index (χ4n) is 3.05. The zero-order valence-corrected chi connectivity index (χ0v) is 11.1. The third kappa shape index (κ3) is 2.01. The van der Waals surface area contributed by atoms with Gasteiger partial charge in [0.25, 0.3) is 5.91 Å². The maximum absolute atomic E-state index is 12.5. The summed E-state index contributed by atoms with van der Waals surface area (Å²) in [6.07, 6.45) is 5.94. The van der Waals surface area contributed by atoms with Crippen LogP contribution in [0, 0.1) is 0 Å². The maximum atomic E-state index is 12.5. The van der Waals surface area contributed by atoms with Crippen molar-refractivity contribution < 1.29 is 14.4 Å². The molecule has 0 bridgehead atoms. The SMILES string of the molecule is O=C(CN1C(=O)NC2(CCCCC2)C1=O)c1ccc[nH]1. The summed E-state index contributed by atoms with van der Waals surface area (Å²) < 4.78 is 0. The third-order valence-electron chi connectivity index (χ3n) is 4.15. The van der Waals surface area contributed by atoms with E-state index < -0.39 is 11.6 Å². The van der Waals surface area contributed by atoms with Crippen LogP contribution in [0.5, 0.6) is 0 Å². The molecule has 2 aliphatic rings. The number of carbonyl (C=O) groups is 3. The number of carbonyl (C=O) groups excluding carboxylic acids is 3. The predicted octanol–water partition coefficient (Wildman–Crippen LogP) is 1.45. The highest BCUT2D eigenvalue weighted by molar-refractivity contribution is 6.10. The highest BCUT2D eigenvalue weighted by Crippen LogP contribution is 2.33. The predicted molar refractivity (Wildman–Crippen MR) is 71.2 cm³/mol. The normalized spacial score (nSPS) is 21.3. The maximum Gasteiger partial charge on any atom is 0.325 e. The number of aromatic nitrogens is 1. The Bertz CT molecular complexity index is 544. The molecule has 1 saturated heterocycles. The Hall–Kier alpha value is -2.11. The van der Waals surface area contributed by atoms with E-state index in [0.717, 1.165) is 24.2 Å². The van der Waals surface area contributed by atoms with Gasteiger partial charge in [0, 0.05) is 6.20 Å². The van der Waals surface area contributed by atoms with Gasteiger partial charge in [-0.15, -0.1) is 0 Å². The second-order valence-corrected chi connectivity index (χ2v) is 5.47. The molecule has 2 fully saturated rings. The van der Waals surface area contributed by atoms with E-state index in [4.69, 9.17) is 0 Å². The number of hydrogen-bond donors (Lipinski definition) is 2. The lowest BCUT2D eigenvalue weighted by atomic mass is 9.82. The molecule has 1 spiro atoms. The molecule has 2 heterocycles. The number of nitrogens with one attached hydrogen (secondary N) is 2. The van der Waals surface area contributed by atoms with Gasteiger partial charge in [0.1, 0.15) is 5.54 Å². The number of hydrogen-bond acceptors (Lipinski definition) is 3. The third-order valence-corrected chi connectivity index (χ3v) is 4.15. The van der Waals surface area contributed by atoms with Crippen LogP contribution in [0.2, 0.25) is 0 Å². The number of ketones is 1. The van der Waals surface area contributed by atoms with Gasteiger partial charge in [0.05, 0.1) is 12.2 Å². The average molecular weight is 275 g/mol. The summed E-state index contributed by atoms with van der Waals surface area (Å²) in [7, 11) is 0. The highest BCUT2D eigenvalue weighted by Gasteiger charge is 2.51. The molecule has 6 nitrogen and oxygen atoms in total. The standard InChI is InChI=1S/C14H17N3O3/c18-11(10-5-4-8-15-10)9-17-12(19)14(16-13(17)20)6-2-1-3-7-14/h4-5,8,15H,1-3,6-7,9H2,(H,16,20). The number of Topliss-reactive ketones (excluding diaryl/α,β-unsaturated/α-hetero) is 1. The van der Waals surface area contributed by atoms with Crippen molar-refractivity contribution in [2.45, 2.75) is 37.6 Å². The molecule has 1 aliphatic heterocycles. The molecule has 3 rings (SSSR count). The van der Waals surface area contributed by atoms with Crippen LogP contribution in [-0.2, 0) is 4.79 Å². The molecule has 0 unspecified atom stereocenters. The number of amides is 3. The molecule has 1 aliphatic carbocycles. The lowest BCUT2D eigenvalue weighted by Crippen LogP contribution is -2.48. The van der Waals surface area contributed by atoms with E-state index in [2.05, 4.69) is 10.3 Å². The molecular formula is C14H17N3O3. The van der Waals surface area contributed by atoms with Gasteiger partial charge < -0.3 is 10.3 Å². The lowest BCUT2D eigenvalue weighted by Gasteiger charge is -2.30. The number of aromatic amines is 1. The van der Waals surface area contributed by atoms with E-state index in [9.17, 15) is 14.4 Å². The molecular weight excluding hydrogens is 258 g/mol. The van der Waals surface area contributed by atoms with Crippen LogP contribution in [-0.4, -0.2) is 39.7 Å². The summed E-state index contributed by atoms with van der Waals surface area (Å²) in [6, 6.07) is 2.90. The first-order valence-corrected chi connectivity index (χ1v) is 6.93. The van der Waals surface area contributed by atoms with Crippen molar-refractivity contribution in [3.63, 3.8) is 0 Å². The zero-order valence-electron chi connectivity index (χ0n) is 11.1. The monoisotopic (exact) mass is 275 g/mol. The van der Waals surface area contributed by atoms with Crippen LogP contribution < -0.4 is 5.32 Å². The van der Waals surface area contributed by atoms with Crippen molar-refractivity contribution in [2.75, 3.05) is 6.54 Å². The fourth-order valence-corrected chi connectivity index (χ4v) is 3.05. The Morgan fingerprint density at radius 3 is 2.65 bits per heavy atom. The molecule has 106 valence electrons. The molecule has 6 heteroatoms. The largest absolute Gasteiger partial charge is 0.359 e. The second kappa shape index (κ2) is 4.77. The molecule has 0 aromatic carbocycles. The molecule has 1 saturated carbocycles. The van der Waals surface area contributed by atoms with Crippen LogP contribution in [0.1, 0.15) is 42.6 Å². The zero-order chi connectivity index (χ0) is 14.2. The van der Waals surface area contributed by atoms with Crippen molar-refractivity contribution >= 4 is 17.7 Å². The van der Waals surface area contributed by atoms with Crippen molar-refractivity contribution in [3.05, 3.63) is 24.0 Å². The number of nitrogens with zero attached hydrogens (tertiary/aromatic N) is 1. The molecule has 20 heavy (non-hydrogen) atoms. The molecule has 1 aromatic heterocycles. The summed E-state index contributed by atoms with van der Waals surface area (Å²) in [5.74, 6) is -0.506. The Balaban J connectivity index is 1.75. The van der Waals surface area contributed by atoms with Gasteiger partial charge in [0.15, 0.2) is 5.78 Å². The van der Waals surface area contributed by atoms with Crippen molar-refractivity contribution in [1.29, 1.82) is 0 Å². The number of imide groups is 1. The Morgan fingerprint density at radius 1 is 1.25 bits per heavy atom. The van der Waals surface area contributed by atoms with Gasteiger partial charge in [-0.3, -0.25) is 14.5 Å². The average Bonchev–Trinajstić information content (AvgIpc) is 3.04. The Morgan fingerprint density at radius 2 is 2.00 bits per heavy atom. The minimum Gasteiger partial charge on any atom is -0.359 e. The van der Waals surface area contributed by atoms with Gasteiger partial charge in [-0.2, -0.15) is 0 Å². The molecule has 1 aromatic rings. The van der Waals surface area contributed by atoms with Gasteiger partial charge in [-0.05, 0) is 25.0 Å². The summed E-state index contributed by atoms with van der Waals surface area (Å²) in [6.45, 7) is -0.201. The van der Waals surface area contributed by atoms with E-state index in [1.807, 2.05) is 0 Å². The smallest absolute Gasteiger partial charge is 0.325 e. The van der Waals surface area contributed by atoms with E-state index >= 15 is 0 Å². The summed E-state index contributed by atoms with van der Waals surface area (Å²) in [5.41, 5.74) is -0.346. The molecule has 3 amide bonds. The van der Waals surface area contributed by atoms with Crippen molar-refractivity contribution in [1.82, 2.24) is 15.2 Å². The summed E-state index contributed by atoms with van der Waals surface area (Å²) >= 11 is 0. The molecule has 0 radical (unpaired) electrons. The Labute approximate surface area is 116 Å². The van der Waals surface area contributed by atoms with Gasteiger partial charge in [-0.1, -0.05) is 19.3 Å². The van der Waals surface area contributed by atoms with E-state index in [1.54, 1.807) is 18.3 Å². The van der Waals surface area contributed by atoms with Crippen LogP contribution in [0.3, 0.4) is 0 Å². The quantitative estimate of drug-likeness (QED) is 0.647. The minimum atomic E-state index is -0.759. The van der Waals surface area contributed by atoms with E-state index in [-0.39, 0.29) is 18.2 Å². The van der Waals surface area contributed by atoms with Gasteiger partial charge in [-0.25, -0.2) is 4.79 Å². The molecule has 0 atom stereocenters. The van der Waals surface area contributed by atoms with Gasteiger partial charge in [0.2, 0.25) is 0 Å². The first-order chi connectivity index (χ1) is 9.62.